The van der Waals surface area contributed by atoms with Gasteiger partial charge in [0.25, 0.3) is 0 Å². The Morgan fingerprint density at radius 3 is 2.22 bits per heavy atom. The monoisotopic (exact) mass is 127 g/mol. The number of nitrogens with zero attached hydrogens (tertiary/aromatic N) is 1. The summed E-state index contributed by atoms with van der Waals surface area (Å²) in [5.74, 6) is 2.14. The average molecular weight is 127 g/mol. The molecule has 0 radical (unpaired) electrons. The second-order valence-corrected chi connectivity index (χ2v) is 3.74. The second-order valence-electron chi connectivity index (χ2n) is 3.74. The van der Waals surface area contributed by atoms with E-state index >= 15 is 0 Å². The van der Waals surface area contributed by atoms with Gasteiger partial charge in [0.2, 0.25) is 0 Å². The molecule has 0 spiro atoms. The van der Waals surface area contributed by atoms with E-state index in [1.54, 1.807) is 0 Å². The zero-order chi connectivity index (χ0) is 6.48. The molecule has 1 N–H and O–H groups in total. The van der Waals surface area contributed by atoms with Crippen LogP contribution in [0.25, 0.3) is 0 Å². The van der Waals surface area contributed by atoms with Crippen molar-refractivity contribution in [1.29, 1.82) is 0 Å². The van der Waals surface area contributed by atoms with Crippen molar-refractivity contribution in [2.24, 2.45) is 11.8 Å². The van der Waals surface area contributed by atoms with E-state index in [9.17, 15) is 0 Å². The summed E-state index contributed by atoms with van der Waals surface area (Å²) in [7, 11) is 4.34. The van der Waals surface area contributed by atoms with Gasteiger partial charge in [0.1, 0.15) is 0 Å². The topological polar surface area (TPSA) is 12.0 Å². The summed E-state index contributed by atoms with van der Waals surface area (Å²) in [5.41, 5.74) is 3.34. The van der Waals surface area contributed by atoms with Gasteiger partial charge in [-0.1, -0.05) is 0 Å². The largest absolute Gasteiger partial charge is 0.248 e. The summed E-state index contributed by atoms with van der Waals surface area (Å²) in [6, 6.07) is 0. The van der Waals surface area contributed by atoms with Crippen molar-refractivity contribution < 1.29 is 4.59 Å². The Bertz CT molecular complexity index is 123. The maximum absolute atomic E-state index is 3.34. The lowest BCUT2D eigenvalue weighted by Crippen LogP contribution is -2.52. The number of nitrogens with one attached hydrogen (secondary N) is 1. The highest BCUT2D eigenvalue weighted by molar-refractivity contribution is 4.90. The fourth-order valence-electron chi connectivity index (χ4n) is 2.05. The van der Waals surface area contributed by atoms with Gasteiger partial charge in [-0.2, -0.15) is 5.43 Å². The van der Waals surface area contributed by atoms with E-state index in [1.807, 2.05) is 0 Å². The molecule has 2 atom stereocenters. The molecule has 2 rings (SSSR count). The Morgan fingerprint density at radius 1 is 1.33 bits per heavy atom. The fourth-order valence-corrected chi connectivity index (χ4v) is 2.05. The average Bonchev–Trinajstić information content (AvgIpc) is 2.42. The van der Waals surface area contributed by atoms with E-state index in [4.69, 9.17) is 0 Å². The van der Waals surface area contributed by atoms with Crippen molar-refractivity contribution in [3.63, 3.8) is 0 Å². The Hall–Kier alpha value is -0.0800. The van der Waals surface area contributed by atoms with Crippen LogP contribution in [0.15, 0.2) is 0 Å². The first-order valence-corrected chi connectivity index (χ1v) is 3.77. The van der Waals surface area contributed by atoms with Crippen molar-refractivity contribution in [3.8, 4) is 0 Å². The summed E-state index contributed by atoms with van der Waals surface area (Å²) in [4.78, 5) is 0. The quantitative estimate of drug-likeness (QED) is 0.497. The van der Waals surface area contributed by atoms with Crippen LogP contribution in [0.4, 0.5) is 0 Å². The summed E-state index contributed by atoms with van der Waals surface area (Å²) in [6.45, 7) is 2.72. The third-order valence-corrected chi connectivity index (χ3v) is 2.88. The van der Waals surface area contributed by atoms with Crippen molar-refractivity contribution in [3.05, 3.63) is 0 Å². The SMILES string of the molecule is CN[N+]1(C)CC2CC2C1. The molecule has 9 heavy (non-hydrogen) atoms. The first kappa shape index (κ1) is 5.69. The van der Waals surface area contributed by atoms with Gasteiger partial charge in [-0.3, -0.25) is 0 Å². The molecule has 2 heteroatoms. The minimum absolute atomic E-state index is 1.07. The van der Waals surface area contributed by atoms with E-state index in [2.05, 4.69) is 19.5 Å². The van der Waals surface area contributed by atoms with Gasteiger partial charge in [-0.05, 0) is 6.42 Å². The van der Waals surface area contributed by atoms with Gasteiger partial charge >= 0.3 is 0 Å². The van der Waals surface area contributed by atoms with Gasteiger partial charge in [-0.25, -0.2) is 4.59 Å². The molecule has 0 aromatic carbocycles. The first-order chi connectivity index (χ1) is 4.23. The van der Waals surface area contributed by atoms with E-state index in [0.717, 1.165) is 16.4 Å². The molecule has 2 aliphatic rings. The molecule has 2 nitrogen and oxygen atoms in total. The van der Waals surface area contributed by atoms with Gasteiger partial charge in [0, 0.05) is 18.9 Å². The van der Waals surface area contributed by atoms with Crippen LogP contribution in [-0.2, 0) is 0 Å². The van der Waals surface area contributed by atoms with Crippen molar-refractivity contribution in [2.45, 2.75) is 6.42 Å². The smallest absolute Gasteiger partial charge is 0.0993 e. The minimum atomic E-state index is 1.07. The molecule has 1 aliphatic carbocycles. The molecule has 0 amide bonds. The molecular weight excluding hydrogens is 112 g/mol. The fraction of sp³-hybridized carbons (Fsp3) is 1.00. The lowest BCUT2D eigenvalue weighted by molar-refractivity contribution is -0.943. The van der Waals surface area contributed by atoms with Crippen molar-refractivity contribution >= 4 is 0 Å². The summed E-state index contributed by atoms with van der Waals surface area (Å²) in [5, 5.41) is 0. The van der Waals surface area contributed by atoms with Crippen LogP contribution in [0.1, 0.15) is 6.42 Å². The molecule has 1 aliphatic heterocycles. The van der Waals surface area contributed by atoms with Crippen molar-refractivity contribution in [2.75, 3.05) is 27.2 Å². The Morgan fingerprint density at radius 2 is 1.89 bits per heavy atom. The van der Waals surface area contributed by atoms with Gasteiger partial charge in [0.05, 0.1) is 20.1 Å². The standard InChI is InChI=1S/C7H15N2/c1-8-9(2)4-6-3-7(6)5-9/h6-8H,3-5H2,1-2H3/q+1. The summed E-state index contributed by atoms with van der Waals surface area (Å²) in [6.07, 6.45) is 1.51. The molecule has 1 saturated heterocycles. The normalized spacial score (nSPS) is 55.3. The van der Waals surface area contributed by atoms with E-state index < -0.39 is 0 Å². The summed E-state index contributed by atoms with van der Waals surface area (Å²) < 4.78 is 1.11. The number of piperidine rings is 1. The number of quaternary nitrogens is 1. The lowest BCUT2D eigenvalue weighted by Gasteiger charge is -2.28. The van der Waals surface area contributed by atoms with Gasteiger partial charge in [0.15, 0.2) is 0 Å². The Balaban J connectivity index is 2.02. The highest BCUT2D eigenvalue weighted by atomic mass is 15.7. The zero-order valence-electron chi connectivity index (χ0n) is 6.22. The zero-order valence-corrected chi connectivity index (χ0v) is 6.22. The molecule has 0 aromatic rings. The number of fused-ring (bicyclic) bond motifs is 1. The predicted octanol–water partition coefficient (Wildman–Crippen LogP) is 0.217. The Kier molecular flexibility index (Phi) is 0.945. The van der Waals surface area contributed by atoms with Gasteiger partial charge < -0.3 is 0 Å². The molecule has 0 bridgehead atoms. The molecule has 52 valence electrons. The highest BCUT2D eigenvalue weighted by Crippen LogP contribution is 2.46. The highest BCUT2D eigenvalue weighted by Gasteiger charge is 2.53. The molecule has 2 fully saturated rings. The predicted molar refractivity (Wildman–Crippen MR) is 36.6 cm³/mol. The van der Waals surface area contributed by atoms with Crippen LogP contribution in [0.2, 0.25) is 0 Å². The van der Waals surface area contributed by atoms with Crippen LogP contribution < -0.4 is 5.43 Å². The van der Waals surface area contributed by atoms with Crippen LogP contribution in [0.5, 0.6) is 0 Å². The summed E-state index contributed by atoms with van der Waals surface area (Å²) >= 11 is 0. The lowest BCUT2D eigenvalue weighted by atomic mass is 10.4. The Labute approximate surface area is 56.4 Å². The van der Waals surface area contributed by atoms with Gasteiger partial charge in [-0.15, -0.1) is 0 Å². The minimum Gasteiger partial charge on any atom is -0.248 e. The number of rotatable bonds is 1. The van der Waals surface area contributed by atoms with E-state index in [-0.39, 0.29) is 0 Å². The molecular formula is C7H15N2+. The first-order valence-electron chi connectivity index (χ1n) is 3.77. The van der Waals surface area contributed by atoms with Crippen molar-refractivity contribution in [1.82, 2.24) is 5.43 Å². The maximum atomic E-state index is 3.34. The third-order valence-electron chi connectivity index (χ3n) is 2.88. The van der Waals surface area contributed by atoms with Crippen LogP contribution in [0.3, 0.4) is 0 Å². The van der Waals surface area contributed by atoms with Crippen LogP contribution in [0, 0.1) is 11.8 Å². The number of likely N-dealkylation sites (tertiary alicyclic amines) is 1. The maximum Gasteiger partial charge on any atom is 0.0993 e. The molecule has 1 heterocycles. The molecule has 1 saturated carbocycles. The molecule has 2 unspecified atom stereocenters. The number of hydrogen-bond acceptors (Lipinski definition) is 1. The molecule has 0 aromatic heterocycles. The number of hydrogen-bond donors (Lipinski definition) is 1. The van der Waals surface area contributed by atoms with E-state index in [0.29, 0.717) is 0 Å². The second kappa shape index (κ2) is 1.50. The third kappa shape index (κ3) is 0.775. The van der Waals surface area contributed by atoms with E-state index in [1.165, 1.54) is 19.5 Å². The van der Waals surface area contributed by atoms with Crippen LogP contribution in [-0.4, -0.2) is 31.8 Å². The van der Waals surface area contributed by atoms with Crippen LogP contribution >= 0.6 is 0 Å².